The molecule has 1 amide bonds. The lowest BCUT2D eigenvalue weighted by Gasteiger charge is -2.20. The van der Waals surface area contributed by atoms with Gasteiger partial charge in [0, 0.05) is 18.6 Å². The molecule has 6 nitrogen and oxygen atoms in total. The predicted molar refractivity (Wildman–Crippen MR) is 116 cm³/mol. The third kappa shape index (κ3) is 5.34. The number of benzene rings is 1. The maximum absolute atomic E-state index is 13.5. The maximum atomic E-state index is 13.5. The molecule has 0 saturated heterocycles. The van der Waals surface area contributed by atoms with Gasteiger partial charge >= 0.3 is 12.4 Å². The van der Waals surface area contributed by atoms with Crippen molar-refractivity contribution in [2.75, 3.05) is 5.32 Å². The fourth-order valence-corrected chi connectivity index (χ4v) is 4.18. The Morgan fingerprint density at radius 1 is 1.03 bits per heavy atom. The lowest BCUT2D eigenvalue weighted by molar-refractivity contribution is -0.143. The van der Waals surface area contributed by atoms with Crippen molar-refractivity contribution < 1.29 is 31.1 Å². The minimum Gasteiger partial charge on any atom is -0.319 e. The second-order valence-corrected chi connectivity index (χ2v) is 8.47. The molecular weight excluding hydrogens is 496 g/mol. The highest BCUT2D eigenvalue weighted by Gasteiger charge is 2.39. The van der Waals surface area contributed by atoms with E-state index in [0.717, 1.165) is 15.6 Å². The molecule has 3 aromatic heterocycles. The molecule has 13 heteroatoms. The molecule has 0 radical (unpaired) electrons. The molecule has 0 aliphatic heterocycles. The van der Waals surface area contributed by atoms with E-state index in [1.54, 1.807) is 18.3 Å². The summed E-state index contributed by atoms with van der Waals surface area (Å²) in [5.41, 5.74) is -2.40. The van der Waals surface area contributed by atoms with Crippen molar-refractivity contribution >= 4 is 22.9 Å². The first-order chi connectivity index (χ1) is 16.4. The van der Waals surface area contributed by atoms with E-state index >= 15 is 0 Å². The van der Waals surface area contributed by atoms with Crippen molar-refractivity contribution in [2.24, 2.45) is 0 Å². The summed E-state index contributed by atoms with van der Waals surface area (Å²) in [6, 6.07) is 3.70. The van der Waals surface area contributed by atoms with Gasteiger partial charge in [-0.3, -0.25) is 19.4 Å². The van der Waals surface area contributed by atoms with E-state index < -0.39 is 41.0 Å². The SMILES string of the molecule is C[C@@H](c1ccc(C(F)(F)F)cc1C(F)(F)F)n1cc(NC(=O)c2ccc(-c3cnccn3)s2)cn1. The van der Waals surface area contributed by atoms with Gasteiger partial charge in [0.25, 0.3) is 5.91 Å². The zero-order valence-corrected chi connectivity index (χ0v) is 18.5. The highest BCUT2D eigenvalue weighted by Crippen LogP contribution is 2.40. The average molecular weight is 511 g/mol. The van der Waals surface area contributed by atoms with Gasteiger partial charge in [-0.25, -0.2) is 0 Å². The summed E-state index contributed by atoms with van der Waals surface area (Å²) >= 11 is 1.17. The molecule has 0 bridgehead atoms. The highest BCUT2D eigenvalue weighted by atomic mass is 32.1. The van der Waals surface area contributed by atoms with Crippen LogP contribution in [-0.2, 0) is 12.4 Å². The van der Waals surface area contributed by atoms with Crippen LogP contribution >= 0.6 is 11.3 Å². The molecular formula is C22H15F6N5OS. The number of amides is 1. The Hall–Kier alpha value is -3.74. The molecule has 0 unspecified atom stereocenters. The largest absolute Gasteiger partial charge is 0.416 e. The van der Waals surface area contributed by atoms with Gasteiger partial charge < -0.3 is 5.32 Å². The smallest absolute Gasteiger partial charge is 0.319 e. The van der Waals surface area contributed by atoms with Crippen molar-refractivity contribution in [2.45, 2.75) is 25.3 Å². The Balaban J connectivity index is 1.54. The standard InChI is InChI=1S/C22H15F6N5OS/c1-12(15-3-2-13(21(23,24)25)8-16(15)22(26,27)28)33-11-14(9-31-33)32-20(34)19-5-4-18(35-19)17-10-29-6-7-30-17/h2-12H,1H3,(H,32,34)/t12-/m0/s1. The van der Waals surface area contributed by atoms with Crippen molar-refractivity contribution in [3.8, 4) is 10.6 Å². The number of nitrogens with one attached hydrogen (secondary N) is 1. The Morgan fingerprint density at radius 2 is 1.80 bits per heavy atom. The summed E-state index contributed by atoms with van der Waals surface area (Å²) in [6.07, 6.45) is -2.79. The molecule has 182 valence electrons. The van der Waals surface area contributed by atoms with Gasteiger partial charge in [0.2, 0.25) is 0 Å². The third-order valence-corrected chi connectivity index (χ3v) is 6.14. The van der Waals surface area contributed by atoms with E-state index in [9.17, 15) is 31.1 Å². The fraction of sp³-hybridized carbons (Fsp3) is 0.182. The van der Waals surface area contributed by atoms with Gasteiger partial charge in [0.05, 0.1) is 50.7 Å². The van der Waals surface area contributed by atoms with Crippen LogP contribution in [0.2, 0.25) is 0 Å². The maximum Gasteiger partial charge on any atom is 0.416 e. The number of hydrogen-bond acceptors (Lipinski definition) is 5. The summed E-state index contributed by atoms with van der Waals surface area (Å²) in [4.78, 5) is 21.8. The molecule has 0 spiro atoms. The summed E-state index contributed by atoms with van der Waals surface area (Å²) < 4.78 is 80.5. The first-order valence-electron chi connectivity index (χ1n) is 9.93. The van der Waals surface area contributed by atoms with Crippen LogP contribution in [0.3, 0.4) is 0 Å². The number of alkyl halides is 6. The van der Waals surface area contributed by atoms with E-state index in [0.29, 0.717) is 16.6 Å². The third-order valence-electron chi connectivity index (χ3n) is 5.04. The van der Waals surface area contributed by atoms with Crippen molar-refractivity contribution in [3.63, 3.8) is 0 Å². The van der Waals surface area contributed by atoms with Crippen LogP contribution in [0.1, 0.15) is 39.3 Å². The zero-order valence-electron chi connectivity index (χ0n) is 17.7. The molecule has 4 rings (SSSR count). The number of halogens is 6. The van der Waals surface area contributed by atoms with E-state index in [1.807, 2.05) is 0 Å². The van der Waals surface area contributed by atoms with Crippen LogP contribution in [0.25, 0.3) is 10.6 Å². The minimum atomic E-state index is -5.00. The van der Waals surface area contributed by atoms with Gasteiger partial charge in [-0.2, -0.15) is 31.4 Å². The van der Waals surface area contributed by atoms with Crippen molar-refractivity contribution in [3.05, 3.63) is 82.9 Å². The summed E-state index contributed by atoms with van der Waals surface area (Å²) in [7, 11) is 0. The molecule has 0 aliphatic rings. The number of carbonyl (C=O) groups is 1. The molecule has 3 heterocycles. The molecule has 4 aromatic rings. The van der Waals surface area contributed by atoms with Gasteiger partial charge in [0.15, 0.2) is 0 Å². The van der Waals surface area contributed by atoms with Crippen LogP contribution in [0.4, 0.5) is 32.0 Å². The molecule has 0 aliphatic carbocycles. The quantitative estimate of drug-likeness (QED) is 0.319. The van der Waals surface area contributed by atoms with Gasteiger partial charge in [0.1, 0.15) is 0 Å². The fourth-order valence-electron chi connectivity index (χ4n) is 3.32. The molecule has 1 atom stereocenters. The van der Waals surface area contributed by atoms with E-state index in [4.69, 9.17) is 0 Å². The first-order valence-corrected chi connectivity index (χ1v) is 10.7. The first kappa shape index (κ1) is 24.4. The topological polar surface area (TPSA) is 72.7 Å². The number of rotatable bonds is 5. The number of hydrogen-bond donors (Lipinski definition) is 1. The molecule has 35 heavy (non-hydrogen) atoms. The van der Waals surface area contributed by atoms with Crippen LogP contribution in [-0.4, -0.2) is 25.7 Å². The number of carbonyl (C=O) groups excluding carboxylic acids is 1. The Labute approximate surface area is 198 Å². The Morgan fingerprint density at radius 3 is 2.46 bits per heavy atom. The summed E-state index contributed by atoms with van der Waals surface area (Å²) in [6.45, 7) is 1.36. The monoisotopic (exact) mass is 511 g/mol. The van der Waals surface area contributed by atoms with E-state index in [-0.39, 0.29) is 11.8 Å². The number of aromatic nitrogens is 4. The summed E-state index contributed by atoms with van der Waals surface area (Å²) in [5, 5.41) is 6.59. The zero-order chi connectivity index (χ0) is 25.4. The number of anilines is 1. The minimum absolute atomic E-state index is 0.0868. The summed E-state index contributed by atoms with van der Waals surface area (Å²) in [5.74, 6) is -0.470. The number of nitrogens with zero attached hydrogens (tertiary/aromatic N) is 4. The number of thiophene rings is 1. The molecule has 1 N–H and O–H groups in total. The highest BCUT2D eigenvalue weighted by molar-refractivity contribution is 7.17. The van der Waals surface area contributed by atoms with Crippen molar-refractivity contribution in [1.82, 2.24) is 19.7 Å². The average Bonchev–Trinajstić information content (AvgIpc) is 3.48. The van der Waals surface area contributed by atoms with Crippen LogP contribution in [0, 0.1) is 0 Å². The molecule has 0 fully saturated rings. The van der Waals surface area contributed by atoms with Crippen LogP contribution in [0.15, 0.2) is 61.3 Å². The van der Waals surface area contributed by atoms with Gasteiger partial charge in [-0.1, -0.05) is 6.07 Å². The van der Waals surface area contributed by atoms with Gasteiger partial charge in [-0.15, -0.1) is 11.3 Å². The van der Waals surface area contributed by atoms with Crippen LogP contribution in [0.5, 0.6) is 0 Å². The molecule has 1 aromatic carbocycles. The normalized spacial score (nSPS) is 13.0. The lowest BCUT2D eigenvalue weighted by atomic mass is 9.98. The molecule has 0 saturated carbocycles. The predicted octanol–water partition coefficient (Wildman–Crippen LogP) is 6.30. The van der Waals surface area contributed by atoms with E-state index in [2.05, 4.69) is 20.4 Å². The second kappa shape index (κ2) is 9.13. The van der Waals surface area contributed by atoms with E-state index in [1.165, 1.54) is 43.0 Å². The van der Waals surface area contributed by atoms with Crippen molar-refractivity contribution in [1.29, 1.82) is 0 Å². The Bertz CT molecular complexity index is 1350. The van der Waals surface area contributed by atoms with Gasteiger partial charge in [-0.05, 0) is 36.8 Å². The van der Waals surface area contributed by atoms with Crippen LogP contribution < -0.4 is 5.32 Å². The Kier molecular flexibility index (Phi) is 6.36. The lowest BCUT2D eigenvalue weighted by Crippen LogP contribution is -2.17. The second-order valence-electron chi connectivity index (χ2n) is 7.39.